The summed E-state index contributed by atoms with van der Waals surface area (Å²) >= 11 is 7.04. The van der Waals surface area contributed by atoms with Crippen LogP contribution in [0.3, 0.4) is 0 Å². The van der Waals surface area contributed by atoms with Crippen molar-refractivity contribution in [3.05, 3.63) is 85.6 Å². The molecule has 1 N–H and O–H groups in total. The summed E-state index contributed by atoms with van der Waals surface area (Å²) in [7, 11) is 0. The number of carbonyl (C=O) groups is 1. The number of nitrogens with zero attached hydrogens (tertiary/aromatic N) is 2. The lowest BCUT2D eigenvalue weighted by Gasteiger charge is -2.25. The topological polar surface area (TPSA) is 80.9 Å². The summed E-state index contributed by atoms with van der Waals surface area (Å²) in [5.74, 6) is -0.250. The molecule has 35 heavy (non-hydrogen) atoms. The van der Waals surface area contributed by atoms with Gasteiger partial charge in [0.25, 0.3) is 5.56 Å². The zero-order valence-electron chi connectivity index (χ0n) is 19.3. The number of thiazole rings is 1. The minimum Gasteiger partial charge on any atom is -0.506 e. The Labute approximate surface area is 238 Å². The molecular weight excluding hydrogens is 710 g/mol. The van der Waals surface area contributed by atoms with Crippen LogP contribution in [0.25, 0.3) is 6.08 Å². The lowest BCUT2D eigenvalue weighted by atomic mass is 9.96. The molecule has 0 bridgehead atoms. The highest BCUT2D eigenvalue weighted by atomic mass is 127. The second kappa shape index (κ2) is 10.8. The van der Waals surface area contributed by atoms with E-state index in [1.807, 2.05) is 42.7 Å². The van der Waals surface area contributed by atoms with Crippen LogP contribution >= 0.6 is 68.3 Å². The Hall–Kier alpha value is -1.64. The van der Waals surface area contributed by atoms with Crippen molar-refractivity contribution in [1.82, 2.24) is 4.57 Å². The van der Waals surface area contributed by atoms with Crippen molar-refractivity contribution in [2.45, 2.75) is 37.8 Å². The molecule has 1 atom stereocenters. The van der Waals surface area contributed by atoms with E-state index in [1.165, 1.54) is 11.3 Å². The van der Waals surface area contributed by atoms with Crippen molar-refractivity contribution in [2.75, 3.05) is 6.26 Å². The number of thioether (sulfide) groups is 1. The van der Waals surface area contributed by atoms with Crippen LogP contribution in [0.2, 0.25) is 0 Å². The number of ether oxygens (including phenoxy) is 1. The molecule has 182 valence electrons. The van der Waals surface area contributed by atoms with Gasteiger partial charge in [0, 0.05) is 4.90 Å². The molecule has 1 aliphatic heterocycles. The molecule has 1 aliphatic rings. The van der Waals surface area contributed by atoms with Crippen molar-refractivity contribution in [3.63, 3.8) is 0 Å². The molecule has 3 aromatic rings. The Kier molecular flexibility index (Phi) is 8.13. The zero-order chi connectivity index (χ0) is 25.4. The van der Waals surface area contributed by atoms with Crippen molar-refractivity contribution >= 4 is 80.3 Å². The van der Waals surface area contributed by atoms with E-state index in [1.54, 1.807) is 43.2 Å². The second-order valence-corrected chi connectivity index (χ2v) is 12.4. The summed E-state index contributed by atoms with van der Waals surface area (Å²) in [6.07, 6.45) is 3.50. The molecule has 0 amide bonds. The van der Waals surface area contributed by atoms with Gasteiger partial charge in [0.1, 0.15) is 5.75 Å². The van der Waals surface area contributed by atoms with E-state index in [0.717, 1.165) is 16.0 Å². The molecule has 1 aromatic heterocycles. The number of hydrogen-bond acceptors (Lipinski definition) is 7. The van der Waals surface area contributed by atoms with E-state index in [0.29, 0.717) is 27.7 Å². The SMILES string of the molecule is CSc1ccc([C@@H]2C(C(=O)OC(C)C)=C(C)N=c3s/c(=C\c4cc(I)c(O)c(I)c4)c(=O)n32)cc1. The maximum absolute atomic E-state index is 13.7. The Morgan fingerprint density at radius 1 is 1.23 bits per heavy atom. The van der Waals surface area contributed by atoms with Crippen molar-refractivity contribution in [3.8, 4) is 5.75 Å². The summed E-state index contributed by atoms with van der Waals surface area (Å²) in [5, 5.41) is 10.1. The number of rotatable bonds is 5. The first-order valence-electron chi connectivity index (χ1n) is 10.7. The molecule has 0 aliphatic carbocycles. The van der Waals surface area contributed by atoms with Crippen LogP contribution in [0.5, 0.6) is 5.75 Å². The van der Waals surface area contributed by atoms with E-state index in [2.05, 4.69) is 50.2 Å². The highest BCUT2D eigenvalue weighted by molar-refractivity contribution is 14.1. The quantitative estimate of drug-likeness (QED) is 0.231. The monoisotopic (exact) mass is 732 g/mol. The highest BCUT2D eigenvalue weighted by Gasteiger charge is 2.33. The van der Waals surface area contributed by atoms with Gasteiger partial charge in [0.05, 0.1) is 35.1 Å². The molecule has 2 heterocycles. The number of esters is 1. The van der Waals surface area contributed by atoms with E-state index >= 15 is 0 Å². The van der Waals surface area contributed by atoms with E-state index in [9.17, 15) is 14.7 Å². The number of fused-ring (bicyclic) bond motifs is 1. The number of allylic oxidation sites excluding steroid dienone is 1. The van der Waals surface area contributed by atoms with Crippen molar-refractivity contribution in [1.29, 1.82) is 0 Å². The van der Waals surface area contributed by atoms with Gasteiger partial charge in [-0.25, -0.2) is 9.79 Å². The minimum atomic E-state index is -0.643. The van der Waals surface area contributed by atoms with Gasteiger partial charge in [0.2, 0.25) is 0 Å². The third-order valence-corrected chi connectivity index (χ3v) is 8.72. The fourth-order valence-electron chi connectivity index (χ4n) is 3.78. The fourth-order valence-corrected chi connectivity index (χ4v) is 7.05. The highest BCUT2D eigenvalue weighted by Crippen LogP contribution is 2.32. The molecule has 0 saturated heterocycles. The first-order chi connectivity index (χ1) is 16.6. The zero-order valence-corrected chi connectivity index (χ0v) is 25.3. The van der Waals surface area contributed by atoms with Gasteiger partial charge in [0.15, 0.2) is 4.80 Å². The predicted octanol–water partition coefficient (Wildman–Crippen LogP) is 4.82. The summed E-state index contributed by atoms with van der Waals surface area (Å²) in [6, 6.07) is 10.9. The van der Waals surface area contributed by atoms with Crippen LogP contribution < -0.4 is 14.9 Å². The Bertz CT molecular complexity index is 1500. The average molecular weight is 732 g/mol. The Morgan fingerprint density at radius 3 is 2.43 bits per heavy atom. The molecular formula is C25H22I2N2O4S2. The molecule has 10 heteroatoms. The minimum absolute atomic E-state index is 0.224. The standard InChI is InChI=1S/C25H22I2N2O4S2/c1-12(2)33-24(32)20-13(3)28-25-29(21(20)15-5-7-16(34-4)8-6-15)23(31)19(35-25)11-14-9-17(26)22(30)18(27)10-14/h5-12,21,30H,1-4H3/b19-11-/t21-/m1/s1. The van der Waals surface area contributed by atoms with Gasteiger partial charge in [-0.3, -0.25) is 9.36 Å². The number of benzene rings is 2. The smallest absolute Gasteiger partial charge is 0.338 e. The lowest BCUT2D eigenvalue weighted by molar-refractivity contribution is -0.143. The largest absolute Gasteiger partial charge is 0.506 e. The number of carbonyl (C=O) groups excluding carboxylic acids is 1. The maximum atomic E-state index is 13.7. The Morgan fingerprint density at radius 2 is 1.86 bits per heavy atom. The third-order valence-electron chi connectivity index (χ3n) is 5.35. The maximum Gasteiger partial charge on any atom is 0.338 e. The van der Waals surface area contributed by atoms with Crippen LogP contribution in [0.1, 0.15) is 37.9 Å². The van der Waals surface area contributed by atoms with E-state index in [4.69, 9.17) is 4.74 Å². The molecule has 0 spiro atoms. The van der Waals surface area contributed by atoms with Crippen molar-refractivity contribution < 1.29 is 14.6 Å². The molecule has 0 saturated carbocycles. The van der Waals surface area contributed by atoms with Crippen LogP contribution in [0, 0.1) is 7.14 Å². The summed E-state index contributed by atoms with van der Waals surface area (Å²) < 4.78 is 9.04. The molecule has 6 nitrogen and oxygen atoms in total. The van der Waals surface area contributed by atoms with Crippen LogP contribution in [-0.2, 0) is 9.53 Å². The van der Waals surface area contributed by atoms with Crippen LogP contribution in [0.15, 0.2) is 62.4 Å². The predicted molar refractivity (Wildman–Crippen MR) is 157 cm³/mol. The first kappa shape index (κ1) is 26.4. The van der Waals surface area contributed by atoms with Crippen molar-refractivity contribution in [2.24, 2.45) is 4.99 Å². The fraction of sp³-hybridized carbons (Fsp3) is 0.240. The van der Waals surface area contributed by atoms with Gasteiger partial charge >= 0.3 is 5.97 Å². The average Bonchev–Trinajstić information content (AvgIpc) is 3.10. The Balaban J connectivity index is 1.94. The van der Waals surface area contributed by atoms with Gasteiger partial charge in [-0.15, -0.1) is 11.8 Å². The van der Waals surface area contributed by atoms with Gasteiger partial charge in [-0.1, -0.05) is 23.5 Å². The number of aromatic hydroxyl groups is 1. The molecule has 2 aromatic carbocycles. The lowest BCUT2D eigenvalue weighted by Crippen LogP contribution is -2.40. The molecule has 0 radical (unpaired) electrons. The number of aromatic nitrogens is 1. The molecule has 0 fully saturated rings. The number of phenolic OH excluding ortho intramolecular Hbond substituents is 1. The van der Waals surface area contributed by atoms with E-state index in [-0.39, 0.29) is 17.4 Å². The van der Waals surface area contributed by atoms with Crippen LogP contribution in [-0.4, -0.2) is 28.0 Å². The summed E-state index contributed by atoms with van der Waals surface area (Å²) in [5.41, 5.74) is 2.29. The third kappa shape index (κ3) is 5.39. The van der Waals surface area contributed by atoms with Crippen LogP contribution in [0.4, 0.5) is 0 Å². The molecule has 4 rings (SSSR count). The second-order valence-electron chi connectivity index (χ2n) is 8.14. The van der Waals surface area contributed by atoms with E-state index < -0.39 is 12.0 Å². The van der Waals surface area contributed by atoms with Gasteiger partial charge in [-0.2, -0.15) is 0 Å². The summed E-state index contributed by atoms with van der Waals surface area (Å²) in [6.45, 7) is 5.37. The normalized spacial score (nSPS) is 15.9. The first-order valence-corrected chi connectivity index (χ1v) is 14.9. The summed E-state index contributed by atoms with van der Waals surface area (Å²) in [4.78, 5) is 33.1. The van der Waals surface area contributed by atoms with Gasteiger partial charge < -0.3 is 9.84 Å². The number of halogens is 2. The van der Waals surface area contributed by atoms with Gasteiger partial charge in [-0.05, 0) is 114 Å². The number of phenols is 1. The number of hydrogen-bond donors (Lipinski definition) is 1. The molecule has 0 unspecified atom stereocenters.